The van der Waals surface area contributed by atoms with E-state index in [0.29, 0.717) is 11.1 Å². The molecule has 2 N–H and O–H groups in total. The first-order chi connectivity index (χ1) is 16.4. The summed E-state index contributed by atoms with van der Waals surface area (Å²) < 4.78 is 11.4. The highest BCUT2D eigenvalue weighted by Crippen LogP contribution is 2.30. The lowest BCUT2D eigenvalue weighted by atomic mass is 9.94. The first-order valence-electron chi connectivity index (χ1n) is 11.0. The molecule has 5 heteroatoms. The number of allylic oxidation sites excluding steroid dienone is 4. The van der Waals surface area contributed by atoms with Gasteiger partial charge in [-0.3, -0.25) is 0 Å². The van der Waals surface area contributed by atoms with Crippen LogP contribution in [0.25, 0.3) is 12.2 Å². The van der Waals surface area contributed by atoms with Crippen molar-refractivity contribution in [3.05, 3.63) is 118 Å². The van der Waals surface area contributed by atoms with Crippen molar-refractivity contribution in [1.29, 1.82) is 0 Å². The Bertz CT molecular complexity index is 1180. The molecule has 172 valence electrons. The molecule has 2 aromatic carbocycles. The summed E-state index contributed by atoms with van der Waals surface area (Å²) in [5.74, 6) is 0.291. The highest BCUT2D eigenvalue weighted by atomic mass is 16.7. The van der Waals surface area contributed by atoms with E-state index < -0.39 is 18.4 Å². The summed E-state index contributed by atoms with van der Waals surface area (Å²) >= 11 is 0. The largest absolute Gasteiger partial charge is 0.510 e. The minimum absolute atomic E-state index is 0.146. The van der Waals surface area contributed by atoms with E-state index in [2.05, 4.69) is 0 Å². The SMILES string of the molecule is CC1=CC=CC(OC(=O)OC2C=CC=C(C)C2=Cc2ccccc2O)C1=Cc1ccccc1O. The van der Waals surface area contributed by atoms with E-state index in [9.17, 15) is 15.0 Å². The molecule has 0 aliphatic heterocycles. The predicted octanol–water partition coefficient (Wildman–Crippen LogP) is 6.49. The van der Waals surface area contributed by atoms with Gasteiger partial charge in [-0.05, 0) is 61.4 Å². The fraction of sp³-hybridized carbons (Fsp3) is 0.138. The maximum absolute atomic E-state index is 12.8. The number of para-hydroxylation sites is 2. The molecule has 2 aliphatic carbocycles. The molecular formula is C29H26O5. The molecule has 0 spiro atoms. The molecule has 0 bridgehead atoms. The molecule has 2 unspecified atom stereocenters. The third-order valence-electron chi connectivity index (χ3n) is 5.73. The number of hydrogen-bond donors (Lipinski definition) is 2. The Labute approximate surface area is 199 Å². The van der Waals surface area contributed by atoms with Gasteiger partial charge in [-0.25, -0.2) is 4.79 Å². The molecule has 2 aliphatic rings. The summed E-state index contributed by atoms with van der Waals surface area (Å²) in [6, 6.07) is 14.0. The number of carbonyl (C=O) groups excluding carboxylic acids is 1. The van der Waals surface area contributed by atoms with Crippen molar-refractivity contribution >= 4 is 18.3 Å². The highest BCUT2D eigenvalue weighted by molar-refractivity contribution is 5.70. The molecule has 0 aromatic heterocycles. The minimum atomic E-state index is -0.819. The number of phenolic OH excluding ortho intramolecular Hbond substituents is 2. The van der Waals surface area contributed by atoms with Crippen molar-refractivity contribution in [2.45, 2.75) is 26.1 Å². The Morgan fingerprint density at radius 1 is 0.735 bits per heavy atom. The number of carbonyl (C=O) groups is 1. The number of benzene rings is 2. The smallest absolute Gasteiger partial charge is 0.507 e. The molecule has 2 aromatic rings. The molecule has 34 heavy (non-hydrogen) atoms. The Balaban J connectivity index is 1.54. The number of rotatable bonds is 4. The molecule has 2 atom stereocenters. The van der Waals surface area contributed by atoms with Crippen LogP contribution in [0.4, 0.5) is 4.79 Å². The Hall–Kier alpha value is -4.25. The standard InChI is InChI=1S/C29H26O5/c1-19-9-7-15-27(23(19)17-21-11-3-5-13-25(21)30)33-29(32)34-28-16-8-10-20(2)24(28)18-22-12-4-6-14-26(22)31/h3-18,27-28,30-31H,1-2H3. The summed E-state index contributed by atoms with van der Waals surface area (Å²) in [6.07, 6.45) is 12.5. The summed E-state index contributed by atoms with van der Waals surface area (Å²) in [4.78, 5) is 12.8. The lowest BCUT2D eigenvalue weighted by Gasteiger charge is -2.24. The summed E-state index contributed by atoms with van der Waals surface area (Å²) in [5.41, 5.74) is 4.60. The highest BCUT2D eigenvalue weighted by Gasteiger charge is 2.25. The molecule has 4 rings (SSSR count). The number of aromatic hydroxyl groups is 2. The Kier molecular flexibility index (Phi) is 6.83. The van der Waals surface area contributed by atoms with Gasteiger partial charge in [0.2, 0.25) is 0 Å². The van der Waals surface area contributed by atoms with Crippen molar-refractivity contribution in [2.24, 2.45) is 0 Å². The maximum atomic E-state index is 12.8. The summed E-state index contributed by atoms with van der Waals surface area (Å²) in [6.45, 7) is 3.84. The second-order valence-electron chi connectivity index (χ2n) is 8.11. The third kappa shape index (κ3) is 5.21. The van der Waals surface area contributed by atoms with E-state index in [1.165, 1.54) is 0 Å². The lowest BCUT2D eigenvalue weighted by molar-refractivity contribution is 0.0377. The number of ether oxygens (including phenoxy) is 2. The normalized spacial score (nSPS) is 21.8. The summed E-state index contributed by atoms with van der Waals surface area (Å²) in [7, 11) is 0. The van der Waals surface area contributed by atoms with Gasteiger partial charge < -0.3 is 19.7 Å². The van der Waals surface area contributed by atoms with Crippen LogP contribution in [0.2, 0.25) is 0 Å². The van der Waals surface area contributed by atoms with Crippen LogP contribution in [-0.4, -0.2) is 28.6 Å². The molecule has 0 fully saturated rings. The molecular weight excluding hydrogens is 428 g/mol. The van der Waals surface area contributed by atoms with Gasteiger partial charge in [-0.15, -0.1) is 0 Å². The zero-order valence-electron chi connectivity index (χ0n) is 19.0. The summed E-state index contributed by atoms with van der Waals surface area (Å²) in [5, 5.41) is 20.3. The predicted molar refractivity (Wildman–Crippen MR) is 133 cm³/mol. The zero-order valence-corrected chi connectivity index (χ0v) is 19.0. The zero-order chi connectivity index (χ0) is 24.1. The van der Waals surface area contributed by atoms with Crippen molar-refractivity contribution < 1.29 is 24.5 Å². The molecule has 0 radical (unpaired) electrons. The number of phenols is 2. The van der Waals surface area contributed by atoms with E-state index in [0.717, 1.165) is 22.3 Å². The van der Waals surface area contributed by atoms with E-state index in [1.807, 2.05) is 50.3 Å². The fourth-order valence-electron chi connectivity index (χ4n) is 3.84. The van der Waals surface area contributed by atoms with E-state index in [-0.39, 0.29) is 11.5 Å². The average molecular weight is 455 g/mol. The first-order valence-corrected chi connectivity index (χ1v) is 11.0. The van der Waals surface area contributed by atoms with Gasteiger partial charge in [0.15, 0.2) is 0 Å². The number of hydrogen-bond acceptors (Lipinski definition) is 5. The average Bonchev–Trinajstić information content (AvgIpc) is 2.81. The van der Waals surface area contributed by atoms with Crippen molar-refractivity contribution in [3.63, 3.8) is 0 Å². The van der Waals surface area contributed by atoms with Gasteiger partial charge in [0.1, 0.15) is 23.7 Å². The van der Waals surface area contributed by atoms with Crippen LogP contribution in [0.1, 0.15) is 25.0 Å². The topological polar surface area (TPSA) is 76.0 Å². The van der Waals surface area contributed by atoms with Crippen LogP contribution in [0.15, 0.2) is 107 Å². The van der Waals surface area contributed by atoms with E-state index in [1.54, 1.807) is 60.7 Å². The lowest BCUT2D eigenvalue weighted by Crippen LogP contribution is -2.26. The van der Waals surface area contributed by atoms with Crippen molar-refractivity contribution in [3.8, 4) is 11.5 Å². The van der Waals surface area contributed by atoms with Gasteiger partial charge in [0.05, 0.1) is 0 Å². The van der Waals surface area contributed by atoms with Crippen LogP contribution in [0.5, 0.6) is 11.5 Å². The van der Waals surface area contributed by atoms with Crippen LogP contribution in [-0.2, 0) is 9.47 Å². The van der Waals surface area contributed by atoms with Gasteiger partial charge >= 0.3 is 6.16 Å². The maximum Gasteiger partial charge on any atom is 0.510 e. The van der Waals surface area contributed by atoms with Gasteiger partial charge in [-0.2, -0.15) is 0 Å². The van der Waals surface area contributed by atoms with E-state index in [4.69, 9.17) is 9.47 Å². The molecule has 0 heterocycles. The van der Waals surface area contributed by atoms with Crippen LogP contribution < -0.4 is 0 Å². The van der Waals surface area contributed by atoms with Crippen LogP contribution in [0, 0.1) is 0 Å². The Morgan fingerprint density at radius 2 is 1.15 bits per heavy atom. The Morgan fingerprint density at radius 3 is 1.56 bits per heavy atom. The van der Waals surface area contributed by atoms with E-state index >= 15 is 0 Å². The second-order valence-corrected chi connectivity index (χ2v) is 8.11. The van der Waals surface area contributed by atoms with Crippen molar-refractivity contribution in [2.75, 3.05) is 0 Å². The molecule has 0 saturated heterocycles. The van der Waals surface area contributed by atoms with Gasteiger partial charge in [-0.1, -0.05) is 60.7 Å². The first kappa shape index (κ1) is 22.9. The molecule has 0 amide bonds. The van der Waals surface area contributed by atoms with Crippen molar-refractivity contribution in [1.82, 2.24) is 0 Å². The molecule has 0 saturated carbocycles. The third-order valence-corrected chi connectivity index (χ3v) is 5.73. The monoisotopic (exact) mass is 454 g/mol. The minimum Gasteiger partial charge on any atom is -0.507 e. The quantitative estimate of drug-likeness (QED) is 0.517. The van der Waals surface area contributed by atoms with Gasteiger partial charge in [0.25, 0.3) is 0 Å². The fourth-order valence-corrected chi connectivity index (χ4v) is 3.84. The second kappa shape index (κ2) is 10.1. The van der Waals surface area contributed by atoms with Gasteiger partial charge in [0, 0.05) is 22.3 Å². The van der Waals surface area contributed by atoms with Crippen LogP contribution >= 0.6 is 0 Å². The molecule has 5 nitrogen and oxygen atoms in total. The van der Waals surface area contributed by atoms with Crippen LogP contribution in [0.3, 0.4) is 0 Å².